The van der Waals surface area contributed by atoms with Gasteiger partial charge in [0.15, 0.2) is 5.82 Å². The van der Waals surface area contributed by atoms with Gasteiger partial charge in [0.25, 0.3) is 0 Å². The molecular weight excluding hydrogens is 1730 g/mol. The fraction of sp³-hybridized carbons (Fsp3) is 0.0348. The van der Waals surface area contributed by atoms with Crippen molar-refractivity contribution in [1.82, 2.24) is 43.4 Å². The van der Waals surface area contributed by atoms with Crippen molar-refractivity contribution >= 4 is 108 Å². The van der Waals surface area contributed by atoms with Crippen molar-refractivity contribution in [3.05, 3.63) is 454 Å². The van der Waals surface area contributed by atoms with E-state index in [1.807, 2.05) is 78.3 Å². The molecule has 7 aromatic heterocycles. The van der Waals surface area contributed by atoms with Crippen molar-refractivity contribution in [1.29, 1.82) is 0 Å². The molecule has 605 valence electrons. The largest absolute Gasteiger partial charge is 0.316 e. The van der Waals surface area contributed by atoms with Gasteiger partial charge in [0.05, 0.1) is 50.0 Å². The molecule has 1 radical (unpaired) electrons. The maximum absolute atomic E-state index is 5.06. The number of aromatic nitrogens is 9. The van der Waals surface area contributed by atoms with Gasteiger partial charge in [-0.3, -0.25) is 14.5 Å². The normalized spacial score (nSPS) is 11.2. The third-order valence-corrected chi connectivity index (χ3v) is 24.8. The van der Waals surface area contributed by atoms with Crippen molar-refractivity contribution in [2.75, 3.05) is 0 Å². The summed E-state index contributed by atoms with van der Waals surface area (Å²) < 4.78 is 11.8. The van der Waals surface area contributed by atoms with E-state index in [2.05, 4.69) is 429 Å². The minimum absolute atomic E-state index is 0. The van der Waals surface area contributed by atoms with Gasteiger partial charge in [-0.2, -0.15) is 5.10 Å². The molecule has 24 aromatic rings. The zero-order chi connectivity index (χ0) is 83.0. The van der Waals surface area contributed by atoms with Crippen LogP contribution >= 0.6 is 11.3 Å². The van der Waals surface area contributed by atoms with E-state index in [4.69, 9.17) is 4.98 Å². The average molecular weight is 1820 g/mol. The van der Waals surface area contributed by atoms with E-state index < -0.39 is 0 Å². The van der Waals surface area contributed by atoms with Crippen LogP contribution in [0.25, 0.3) is 198 Å². The molecule has 0 aliphatic heterocycles. The van der Waals surface area contributed by atoms with Gasteiger partial charge in [-0.15, -0.1) is 52.3 Å². The molecule has 0 aliphatic carbocycles. The van der Waals surface area contributed by atoms with Crippen LogP contribution in [0.2, 0.25) is 0 Å². The van der Waals surface area contributed by atoms with Crippen LogP contribution in [0.3, 0.4) is 0 Å². The molecule has 17 aromatic carbocycles. The summed E-state index contributed by atoms with van der Waals surface area (Å²) in [6.45, 7) is 6.36. The van der Waals surface area contributed by atoms with E-state index in [1.54, 1.807) is 0 Å². The molecule has 0 fully saturated rings. The fourth-order valence-electron chi connectivity index (χ4n) is 17.8. The predicted molar refractivity (Wildman–Crippen MR) is 525 cm³/mol. The van der Waals surface area contributed by atoms with Crippen LogP contribution in [0.1, 0.15) is 24.1 Å². The molecule has 0 saturated carbocycles. The second-order valence-corrected chi connectivity index (χ2v) is 32.2. The molecule has 0 N–H and O–H groups in total. The van der Waals surface area contributed by atoms with Gasteiger partial charge in [0, 0.05) is 119 Å². The molecule has 0 atom stereocenters. The number of hydrogen-bond acceptors (Lipinski definition) is 6. The molecule has 9 nitrogen and oxygen atoms in total. The first-order valence-electron chi connectivity index (χ1n) is 41.9. The zero-order valence-corrected chi connectivity index (χ0v) is 72.0. The van der Waals surface area contributed by atoms with E-state index in [-0.39, 0.29) is 27.5 Å². The van der Waals surface area contributed by atoms with E-state index in [0.29, 0.717) is 0 Å². The van der Waals surface area contributed by atoms with Crippen molar-refractivity contribution in [2.45, 2.75) is 28.2 Å². The van der Waals surface area contributed by atoms with Crippen LogP contribution in [-0.2, 0) is 20.1 Å². The molecule has 0 unspecified atom stereocenters. The Hall–Kier alpha value is -15.4. The van der Waals surface area contributed by atoms with Crippen molar-refractivity contribution < 1.29 is 20.1 Å². The Balaban J connectivity index is 0.000000111. The molecule has 24 rings (SSSR count). The minimum Gasteiger partial charge on any atom is -0.316 e. The fourth-order valence-corrected chi connectivity index (χ4v) is 19.0. The first-order chi connectivity index (χ1) is 61.3. The number of para-hydroxylation sites is 8. The Labute approximate surface area is 749 Å². The maximum Gasteiger partial charge on any atom is 0.159 e. The van der Waals surface area contributed by atoms with Crippen molar-refractivity contribution in [2.24, 2.45) is 0 Å². The SMILES string of the molecule is C.Cc1ccccc1-c1nnc(-c2[c-]cccc2)n1-c1c(C)cccc1C.[Ir].c1ccc(-c2ccnc3c2ccc2c(-c4ccccc4)ccnc23)cc1.c1ccc(-n2c(-c3cccc(-c4cccc5c4sc4ccccc45)c3)nc3ccccc32)cc1.c1ccc(-n2c3ccccc3c3cc(-c4ccc5c(c4)c4ccccc4n5-c4ccccc4)ccc32)cc1. The van der Waals surface area contributed by atoms with Crippen LogP contribution in [0.4, 0.5) is 0 Å². The molecule has 0 aliphatic rings. The topological polar surface area (TPSA) is 84.2 Å². The molecule has 11 heteroatoms. The molecule has 0 spiro atoms. The van der Waals surface area contributed by atoms with Crippen LogP contribution in [0.5, 0.6) is 0 Å². The number of imidazole rings is 1. The molecule has 0 amide bonds. The van der Waals surface area contributed by atoms with Gasteiger partial charge in [-0.25, -0.2) is 4.98 Å². The zero-order valence-electron chi connectivity index (χ0n) is 68.8. The van der Waals surface area contributed by atoms with Gasteiger partial charge in [-0.05, 0) is 191 Å². The number of benzene rings is 17. The number of thiophene rings is 1. The Morgan fingerprint density at radius 1 is 0.270 bits per heavy atom. The Morgan fingerprint density at radius 2 is 0.706 bits per heavy atom. The number of nitrogens with zero attached hydrogens (tertiary/aromatic N) is 9. The summed E-state index contributed by atoms with van der Waals surface area (Å²) >= 11 is 1.87. The molecule has 126 heavy (non-hydrogen) atoms. The summed E-state index contributed by atoms with van der Waals surface area (Å²) in [4.78, 5) is 14.4. The summed E-state index contributed by atoms with van der Waals surface area (Å²) in [7, 11) is 0. The Bertz CT molecular complexity index is 7800. The molecule has 0 saturated heterocycles. The van der Waals surface area contributed by atoms with Crippen LogP contribution in [-0.4, -0.2) is 43.4 Å². The number of rotatable bonds is 11. The quantitative estimate of drug-likeness (QED) is 0.0952. The maximum atomic E-state index is 5.06. The monoisotopic (exact) mass is 1820 g/mol. The van der Waals surface area contributed by atoms with Crippen LogP contribution < -0.4 is 0 Å². The average Bonchev–Trinajstić information content (AvgIpc) is 1.47. The number of hydrogen-bond donors (Lipinski definition) is 0. The van der Waals surface area contributed by atoms with Gasteiger partial charge in [-0.1, -0.05) is 293 Å². The van der Waals surface area contributed by atoms with Gasteiger partial charge in [0.2, 0.25) is 0 Å². The van der Waals surface area contributed by atoms with E-state index in [1.165, 1.54) is 136 Å². The summed E-state index contributed by atoms with van der Waals surface area (Å²) in [5.41, 5.74) is 29.9. The number of aryl methyl sites for hydroxylation is 3. The Morgan fingerprint density at radius 3 is 1.28 bits per heavy atom. The minimum atomic E-state index is 0. The van der Waals surface area contributed by atoms with Gasteiger partial charge >= 0.3 is 0 Å². The Kier molecular flexibility index (Phi) is 22.5. The first kappa shape index (κ1) is 80.4. The second-order valence-electron chi connectivity index (χ2n) is 31.1. The predicted octanol–water partition coefficient (Wildman–Crippen LogP) is 30.4. The van der Waals surface area contributed by atoms with E-state index in [9.17, 15) is 0 Å². The van der Waals surface area contributed by atoms with Crippen LogP contribution in [0, 0.1) is 26.8 Å². The number of fused-ring (bicyclic) bond motifs is 13. The van der Waals surface area contributed by atoms with Gasteiger partial charge < -0.3 is 13.7 Å². The van der Waals surface area contributed by atoms with E-state index >= 15 is 0 Å². The molecule has 0 bridgehead atoms. The van der Waals surface area contributed by atoms with Gasteiger partial charge in [0.1, 0.15) is 5.82 Å². The van der Waals surface area contributed by atoms with Crippen molar-refractivity contribution in [3.63, 3.8) is 0 Å². The summed E-state index contributed by atoms with van der Waals surface area (Å²) in [5, 5.41) is 19.1. The summed E-state index contributed by atoms with van der Waals surface area (Å²) in [6, 6.07) is 151. The number of pyridine rings is 2. The third kappa shape index (κ3) is 15.0. The van der Waals surface area contributed by atoms with Crippen LogP contribution in [0.15, 0.2) is 431 Å². The molecule has 7 heterocycles. The van der Waals surface area contributed by atoms with Crippen molar-refractivity contribution in [3.8, 4) is 101 Å². The summed E-state index contributed by atoms with van der Waals surface area (Å²) in [5.74, 6) is 2.62. The summed E-state index contributed by atoms with van der Waals surface area (Å²) in [6.07, 6.45) is 3.75. The molecular formula is C115H84IrN9S-. The third-order valence-electron chi connectivity index (χ3n) is 23.6. The first-order valence-corrected chi connectivity index (χ1v) is 42.7. The second kappa shape index (κ2) is 35.2. The standard InChI is InChI=1S/C36H24N2.C31H20N2S.C24H16N2.C23H20N3.CH4.Ir/c1-3-11-27(12-4-1)37-33-17-9-7-15-29(33)31-23-25(19-21-35(31)37)26-20-22-36-32(24-26)30-16-8-10-18-34(30)38(36)28-13-5-2-6-14-28;1-2-12-23(13-3-1)33-28-18-6-5-17-27(28)32-31(33)22-11-8-10-21(20-22)24-15-9-16-26-25-14-4-7-19-29(25)34-30(24)26;1-3-7-17(8-4-1)19-13-15-25-23-21(19)11-12-22-20(14-16-26-24(22)23)18-9-5-2-6-10-18;1-16-10-7-8-15-20(16)23-25-24-22(19-13-5-4-6-14-19)26(23)21-17(2)11-9-12-18(21)3;;/h1-24H;1-20H;1-16H;4-13,15H,1-3H3;1H4;/q;;;-1;;. The van der Waals surface area contributed by atoms with E-state index in [0.717, 1.165) is 78.4 Å². The smallest absolute Gasteiger partial charge is 0.159 e.